The van der Waals surface area contributed by atoms with Crippen LogP contribution in [0, 0.1) is 13.8 Å². The van der Waals surface area contributed by atoms with Crippen molar-refractivity contribution >= 4 is 23.5 Å². The third-order valence-electron chi connectivity index (χ3n) is 3.46. The molecule has 4 amide bonds. The molecule has 7 heteroatoms. The van der Waals surface area contributed by atoms with Gasteiger partial charge in [-0.25, -0.2) is 4.79 Å². The fraction of sp³-hybridized carbons (Fsp3) is 0.471. The lowest BCUT2D eigenvalue weighted by molar-refractivity contribution is -0.862. The second kappa shape index (κ2) is 9.67. The van der Waals surface area contributed by atoms with Crippen LogP contribution in [0.4, 0.5) is 10.5 Å². The summed E-state index contributed by atoms with van der Waals surface area (Å²) in [4.78, 5) is 36.0. The first-order valence-corrected chi connectivity index (χ1v) is 8.08. The number of benzene rings is 1. The standard InChI is InChI=1S/C17H26N4O3/c1-5-9-18-17(24)20-15(23)11-21(4)10-14(22)19-16-12(2)7-6-8-13(16)3/h6-8H,5,9-11H2,1-4H3,(H,19,22)(H2,18,20,23,24)/p+1. The van der Waals surface area contributed by atoms with Crippen molar-refractivity contribution in [3.63, 3.8) is 0 Å². The number of hydrogen-bond acceptors (Lipinski definition) is 3. The van der Waals surface area contributed by atoms with Crippen LogP contribution in [0.5, 0.6) is 0 Å². The minimum absolute atomic E-state index is 0.0414. The van der Waals surface area contributed by atoms with Gasteiger partial charge in [0.25, 0.3) is 11.8 Å². The first-order chi connectivity index (χ1) is 11.3. The van der Waals surface area contributed by atoms with Crippen molar-refractivity contribution in [1.29, 1.82) is 0 Å². The van der Waals surface area contributed by atoms with Gasteiger partial charge in [0.1, 0.15) is 0 Å². The van der Waals surface area contributed by atoms with E-state index >= 15 is 0 Å². The van der Waals surface area contributed by atoms with Crippen LogP contribution in [0.3, 0.4) is 0 Å². The third-order valence-corrected chi connectivity index (χ3v) is 3.46. The van der Waals surface area contributed by atoms with Crippen LogP contribution in [0.25, 0.3) is 0 Å². The summed E-state index contributed by atoms with van der Waals surface area (Å²) in [6.45, 7) is 6.48. The lowest BCUT2D eigenvalue weighted by Crippen LogP contribution is -3.11. The molecule has 1 unspecified atom stereocenters. The van der Waals surface area contributed by atoms with Crippen LogP contribution < -0.4 is 20.9 Å². The summed E-state index contributed by atoms with van der Waals surface area (Å²) in [5.74, 6) is -0.589. The maximum absolute atomic E-state index is 12.1. The second-order valence-electron chi connectivity index (χ2n) is 5.93. The molecule has 0 aromatic heterocycles. The minimum Gasteiger partial charge on any atom is -0.338 e. The van der Waals surface area contributed by atoms with Gasteiger partial charge in [0.2, 0.25) is 0 Å². The number of quaternary nitrogens is 1. The Kier molecular flexibility index (Phi) is 7.91. The van der Waals surface area contributed by atoms with E-state index < -0.39 is 11.9 Å². The van der Waals surface area contributed by atoms with E-state index in [2.05, 4.69) is 16.0 Å². The summed E-state index contributed by atoms with van der Waals surface area (Å²) in [6.07, 6.45) is 0.797. The lowest BCUT2D eigenvalue weighted by Gasteiger charge is -2.15. The highest BCUT2D eigenvalue weighted by Gasteiger charge is 2.17. The predicted molar refractivity (Wildman–Crippen MR) is 93.0 cm³/mol. The summed E-state index contributed by atoms with van der Waals surface area (Å²) in [6, 6.07) is 5.30. The van der Waals surface area contributed by atoms with Crippen molar-refractivity contribution in [2.24, 2.45) is 0 Å². The van der Waals surface area contributed by atoms with Crippen LogP contribution >= 0.6 is 0 Å². The minimum atomic E-state index is -0.505. The van der Waals surface area contributed by atoms with Gasteiger partial charge in [0, 0.05) is 12.2 Å². The number of para-hydroxylation sites is 1. The molecular weight excluding hydrogens is 308 g/mol. The van der Waals surface area contributed by atoms with Crippen LogP contribution in [-0.4, -0.2) is 44.5 Å². The van der Waals surface area contributed by atoms with Gasteiger partial charge in [0.05, 0.1) is 7.05 Å². The Hall–Kier alpha value is -2.41. The van der Waals surface area contributed by atoms with Gasteiger partial charge < -0.3 is 15.5 Å². The zero-order valence-corrected chi connectivity index (χ0v) is 14.8. The van der Waals surface area contributed by atoms with E-state index in [1.807, 2.05) is 39.0 Å². The van der Waals surface area contributed by atoms with E-state index in [4.69, 9.17) is 0 Å². The summed E-state index contributed by atoms with van der Waals surface area (Å²) >= 11 is 0. The molecule has 0 aliphatic heterocycles. The van der Waals surface area contributed by atoms with Gasteiger partial charge >= 0.3 is 6.03 Å². The number of hydrogen-bond donors (Lipinski definition) is 4. The quantitative estimate of drug-likeness (QED) is 0.565. The fourth-order valence-electron chi connectivity index (χ4n) is 2.26. The highest BCUT2D eigenvalue weighted by molar-refractivity contribution is 5.95. The van der Waals surface area contributed by atoms with E-state index in [0.29, 0.717) is 11.4 Å². The molecule has 1 atom stereocenters. The number of aryl methyl sites for hydroxylation is 2. The molecule has 0 aliphatic carbocycles. The first-order valence-electron chi connectivity index (χ1n) is 8.08. The van der Waals surface area contributed by atoms with Gasteiger partial charge in [-0.05, 0) is 31.4 Å². The summed E-state index contributed by atoms with van der Waals surface area (Å²) in [5.41, 5.74) is 2.79. The molecule has 0 saturated carbocycles. The number of nitrogens with one attached hydrogen (secondary N) is 4. The summed E-state index contributed by atoms with van der Waals surface area (Å²) in [7, 11) is 1.73. The van der Waals surface area contributed by atoms with Crippen molar-refractivity contribution in [3.05, 3.63) is 29.3 Å². The van der Waals surface area contributed by atoms with Gasteiger partial charge in [-0.2, -0.15) is 0 Å². The zero-order valence-electron chi connectivity index (χ0n) is 14.8. The monoisotopic (exact) mass is 335 g/mol. The number of urea groups is 1. The van der Waals surface area contributed by atoms with Gasteiger partial charge in [0.15, 0.2) is 13.1 Å². The number of amides is 4. The molecule has 0 heterocycles. The molecule has 0 radical (unpaired) electrons. The Morgan fingerprint density at radius 2 is 1.62 bits per heavy atom. The van der Waals surface area contributed by atoms with Gasteiger partial charge in [-0.1, -0.05) is 25.1 Å². The molecule has 0 saturated heterocycles. The van der Waals surface area contributed by atoms with Crippen LogP contribution in [0.15, 0.2) is 18.2 Å². The van der Waals surface area contributed by atoms with E-state index in [1.165, 1.54) is 0 Å². The van der Waals surface area contributed by atoms with Crippen LogP contribution in [0.2, 0.25) is 0 Å². The smallest absolute Gasteiger partial charge is 0.321 e. The summed E-state index contributed by atoms with van der Waals surface area (Å²) < 4.78 is 0. The molecule has 132 valence electrons. The third kappa shape index (κ3) is 6.78. The van der Waals surface area contributed by atoms with E-state index in [9.17, 15) is 14.4 Å². The molecule has 0 spiro atoms. The zero-order chi connectivity index (χ0) is 18.1. The van der Waals surface area contributed by atoms with E-state index in [0.717, 1.165) is 23.2 Å². The Morgan fingerprint density at radius 3 is 2.21 bits per heavy atom. The molecule has 24 heavy (non-hydrogen) atoms. The first kappa shape index (κ1) is 19.6. The largest absolute Gasteiger partial charge is 0.338 e. The molecule has 1 rings (SSSR count). The Bertz CT molecular complexity index is 581. The van der Waals surface area contributed by atoms with Crippen molar-refractivity contribution < 1.29 is 19.3 Å². The molecule has 0 bridgehead atoms. The topological polar surface area (TPSA) is 91.7 Å². The lowest BCUT2D eigenvalue weighted by atomic mass is 10.1. The van der Waals surface area contributed by atoms with Crippen LogP contribution in [-0.2, 0) is 9.59 Å². The summed E-state index contributed by atoms with van der Waals surface area (Å²) in [5, 5.41) is 7.69. The van der Waals surface area contributed by atoms with E-state index in [-0.39, 0.29) is 19.0 Å². The number of likely N-dealkylation sites (N-methyl/N-ethyl adjacent to an activating group) is 1. The van der Waals surface area contributed by atoms with Gasteiger partial charge in [-0.3, -0.25) is 14.9 Å². The number of carbonyl (C=O) groups excluding carboxylic acids is 3. The number of rotatable bonds is 7. The maximum atomic E-state index is 12.1. The Balaban J connectivity index is 2.44. The van der Waals surface area contributed by atoms with Gasteiger partial charge in [-0.15, -0.1) is 0 Å². The molecule has 0 aliphatic rings. The normalized spacial score (nSPS) is 11.5. The fourth-order valence-corrected chi connectivity index (χ4v) is 2.26. The molecule has 0 fully saturated rings. The second-order valence-corrected chi connectivity index (χ2v) is 5.93. The van der Waals surface area contributed by atoms with Crippen molar-refractivity contribution in [2.75, 3.05) is 32.0 Å². The van der Waals surface area contributed by atoms with E-state index in [1.54, 1.807) is 7.05 Å². The predicted octanol–water partition coefficient (Wildman–Crippen LogP) is -0.00756. The van der Waals surface area contributed by atoms with Crippen molar-refractivity contribution in [1.82, 2.24) is 10.6 Å². The average molecular weight is 335 g/mol. The molecule has 7 nitrogen and oxygen atoms in total. The highest BCUT2D eigenvalue weighted by atomic mass is 16.2. The Labute approximate surface area is 142 Å². The van der Waals surface area contributed by atoms with Crippen molar-refractivity contribution in [3.8, 4) is 0 Å². The number of anilines is 1. The maximum Gasteiger partial charge on any atom is 0.321 e. The number of carbonyl (C=O) groups is 3. The Morgan fingerprint density at radius 1 is 1.04 bits per heavy atom. The van der Waals surface area contributed by atoms with Crippen LogP contribution in [0.1, 0.15) is 24.5 Å². The van der Waals surface area contributed by atoms with Crippen molar-refractivity contribution in [2.45, 2.75) is 27.2 Å². The molecule has 1 aromatic rings. The molecular formula is C17H27N4O3+. The molecule has 4 N–H and O–H groups in total. The average Bonchev–Trinajstić information content (AvgIpc) is 2.48. The number of imide groups is 1. The molecule has 1 aromatic carbocycles. The SMILES string of the molecule is CCCNC(=O)NC(=O)C[NH+](C)CC(=O)Nc1c(C)cccc1C. The highest BCUT2D eigenvalue weighted by Crippen LogP contribution is 2.18.